The molecule has 1 fully saturated rings. The van der Waals surface area contributed by atoms with Gasteiger partial charge in [0.05, 0.1) is 18.0 Å². The molecule has 0 radical (unpaired) electrons. The van der Waals surface area contributed by atoms with Gasteiger partial charge >= 0.3 is 0 Å². The number of amides is 1. The molecule has 1 N–H and O–H groups in total. The van der Waals surface area contributed by atoms with E-state index in [-0.39, 0.29) is 16.4 Å². The van der Waals surface area contributed by atoms with Crippen LogP contribution in [0.5, 0.6) is 0 Å². The Morgan fingerprint density at radius 3 is 2.62 bits per heavy atom. The van der Waals surface area contributed by atoms with Crippen LogP contribution in [0.1, 0.15) is 16.8 Å². The molecule has 2 rings (SSSR count). The summed E-state index contributed by atoms with van der Waals surface area (Å²) in [5, 5.41) is 2.07. The highest BCUT2D eigenvalue weighted by molar-refractivity contribution is 7.89. The lowest BCUT2D eigenvalue weighted by molar-refractivity contribution is 0.0891. The van der Waals surface area contributed by atoms with Crippen molar-refractivity contribution in [3.63, 3.8) is 0 Å². The van der Waals surface area contributed by atoms with Gasteiger partial charge in [0.25, 0.3) is 12.3 Å². The maximum absolute atomic E-state index is 12.6. The molecule has 6 nitrogen and oxygen atoms in total. The summed E-state index contributed by atoms with van der Waals surface area (Å²) in [6, 6.07) is 5.26. The van der Waals surface area contributed by atoms with Crippen molar-refractivity contribution in [2.24, 2.45) is 5.92 Å². The first-order valence-corrected chi connectivity index (χ1v) is 8.94. The number of carbonyl (C=O) groups excluding carboxylic acids is 1. The number of hydrogen-bond acceptors (Lipinski definition) is 4. The summed E-state index contributed by atoms with van der Waals surface area (Å²) < 4.78 is 55.7. The molecule has 1 aromatic carbocycles. The number of ether oxygens (including phenoxy) is 1. The molecule has 0 spiro atoms. The van der Waals surface area contributed by atoms with Crippen molar-refractivity contribution >= 4 is 15.9 Å². The van der Waals surface area contributed by atoms with Crippen LogP contribution in [0.3, 0.4) is 0 Å². The minimum atomic E-state index is -3.63. The molecule has 0 aromatic heterocycles. The number of nitrogens with zero attached hydrogens (tertiary/aromatic N) is 1. The average Bonchev–Trinajstić information content (AvgIpc) is 3.02. The molecule has 1 aliphatic heterocycles. The molecule has 24 heavy (non-hydrogen) atoms. The van der Waals surface area contributed by atoms with Crippen molar-refractivity contribution in [1.82, 2.24) is 9.62 Å². The Kier molecular flexibility index (Phi) is 6.25. The van der Waals surface area contributed by atoms with Gasteiger partial charge in [-0.15, -0.1) is 0 Å². The standard InChI is InChI=1S/C15H20F2N2O4S/c1-23-10-11-6-7-19(9-11)24(21,22)13-4-2-12(3-5-13)15(20)18-8-14(16)17/h2-5,11,14H,6-10H2,1H3,(H,18,20)/t11-/m1/s1. The molecule has 1 saturated heterocycles. The van der Waals surface area contributed by atoms with E-state index in [1.165, 1.54) is 28.6 Å². The number of carbonyl (C=O) groups is 1. The number of methoxy groups -OCH3 is 1. The van der Waals surface area contributed by atoms with Crippen LogP contribution in [-0.4, -0.2) is 58.4 Å². The summed E-state index contributed by atoms with van der Waals surface area (Å²) in [4.78, 5) is 11.7. The van der Waals surface area contributed by atoms with Crippen molar-refractivity contribution in [2.75, 3.05) is 33.4 Å². The van der Waals surface area contributed by atoms with Crippen LogP contribution in [0.15, 0.2) is 29.2 Å². The minimum absolute atomic E-state index is 0.0750. The van der Waals surface area contributed by atoms with Crippen molar-refractivity contribution in [2.45, 2.75) is 17.7 Å². The molecule has 0 bridgehead atoms. The third kappa shape index (κ3) is 4.49. The number of nitrogens with one attached hydrogen (secondary N) is 1. The highest BCUT2D eigenvalue weighted by Crippen LogP contribution is 2.24. The van der Waals surface area contributed by atoms with Crippen LogP contribution in [-0.2, 0) is 14.8 Å². The summed E-state index contributed by atoms with van der Waals surface area (Å²) in [6.45, 7) is 0.586. The third-order valence-corrected chi connectivity index (χ3v) is 5.70. The van der Waals surface area contributed by atoms with Crippen LogP contribution in [0.2, 0.25) is 0 Å². The Morgan fingerprint density at radius 2 is 2.04 bits per heavy atom. The van der Waals surface area contributed by atoms with E-state index in [2.05, 4.69) is 5.32 Å². The second-order valence-corrected chi connectivity index (χ2v) is 7.54. The van der Waals surface area contributed by atoms with Crippen LogP contribution in [0.4, 0.5) is 8.78 Å². The van der Waals surface area contributed by atoms with Gasteiger partial charge in [0.15, 0.2) is 0 Å². The first-order valence-electron chi connectivity index (χ1n) is 7.50. The number of alkyl halides is 2. The van der Waals surface area contributed by atoms with Crippen LogP contribution < -0.4 is 5.32 Å². The van der Waals surface area contributed by atoms with E-state index >= 15 is 0 Å². The fourth-order valence-electron chi connectivity index (χ4n) is 2.59. The van der Waals surface area contributed by atoms with E-state index in [0.29, 0.717) is 19.7 Å². The molecule has 0 aliphatic carbocycles. The molecular weight excluding hydrogens is 342 g/mol. The summed E-state index contributed by atoms with van der Waals surface area (Å²) in [5.74, 6) is -0.496. The summed E-state index contributed by atoms with van der Waals surface area (Å²) in [6.07, 6.45) is -1.90. The molecule has 1 aromatic rings. The SMILES string of the molecule is COC[C@@H]1CCN(S(=O)(=O)c2ccc(C(=O)NCC(F)F)cc2)C1. The van der Waals surface area contributed by atoms with Gasteiger partial charge in [-0.1, -0.05) is 0 Å². The first-order chi connectivity index (χ1) is 11.3. The normalized spacial score (nSPS) is 18.9. The highest BCUT2D eigenvalue weighted by atomic mass is 32.2. The topological polar surface area (TPSA) is 75.7 Å². The monoisotopic (exact) mass is 362 g/mol. The van der Waals surface area contributed by atoms with E-state index in [1.807, 2.05) is 0 Å². The number of hydrogen-bond donors (Lipinski definition) is 1. The zero-order chi connectivity index (χ0) is 17.7. The van der Waals surface area contributed by atoms with Gasteiger partial charge in [-0.05, 0) is 36.6 Å². The van der Waals surface area contributed by atoms with Gasteiger partial charge in [-0.2, -0.15) is 4.31 Å². The molecule has 0 unspecified atom stereocenters. The van der Waals surface area contributed by atoms with Gasteiger partial charge in [-0.3, -0.25) is 4.79 Å². The van der Waals surface area contributed by atoms with Gasteiger partial charge in [0.2, 0.25) is 10.0 Å². The third-order valence-electron chi connectivity index (χ3n) is 3.82. The fourth-order valence-corrected chi connectivity index (χ4v) is 4.12. The van der Waals surface area contributed by atoms with Crippen LogP contribution >= 0.6 is 0 Å². The number of benzene rings is 1. The largest absolute Gasteiger partial charge is 0.384 e. The van der Waals surface area contributed by atoms with Crippen molar-refractivity contribution in [3.05, 3.63) is 29.8 Å². The molecule has 134 valence electrons. The van der Waals surface area contributed by atoms with Crippen molar-refractivity contribution < 1.29 is 26.7 Å². The maximum atomic E-state index is 12.6. The van der Waals surface area contributed by atoms with Gasteiger partial charge in [0.1, 0.15) is 0 Å². The van der Waals surface area contributed by atoms with Crippen molar-refractivity contribution in [3.8, 4) is 0 Å². The first kappa shape index (κ1) is 18.8. The Labute approximate surface area is 139 Å². The Bertz CT molecular complexity index is 665. The number of rotatable bonds is 7. The predicted molar refractivity (Wildman–Crippen MR) is 83.5 cm³/mol. The molecular formula is C15H20F2N2O4S. The van der Waals surface area contributed by atoms with Crippen LogP contribution in [0.25, 0.3) is 0 Å². The average molecular weight is 362 g/mol. The fraction of sp³-hybridized carbons (Fsp3) is 0.533. The van der Waals surface area contributed by atoms with Gasteiger partial charge in [0, 0.05) is 25.8 Å². The van der Waals surface area contributed by atoms with Crippen molar-refractivity contribution in [1.29, 1.82) is 0 Å². The van der Waals surface area contributed by atoms with E-state index < -0.39 is 28.9 Å². The predicted octanol–water partition coefficient (Wildman–Crippen LogP) is 1.34. The maximum Gasteiger partial charge on any atom is 0.255 e. The zero-order valence-corrected chi connectivity index (χ0v) is 14.1. The smallest absolute Gasteiger partial charge is 0.255 e. The van der Waals surface area contributed by atoms with Gasteiger partial charge in [-0.25, -0.2) is 17.2 Å². The zero-order valence-electron chi connectivity index (χ0n) is 13.2. The van der Waals surface area contributed by atoms with E-state index in [0.717, 1.165) is 6.42 Å². The summed E-state index contributed by atoms with van der Waals surface area (Å²) in [5.41, 5.74) is 0.133. The number of halogens is 2. The minimum Gasteiger partial charge on any atom is -0.384 e. The lowest BCUT2D eigenvalue weighted by atomic mass is 10.1. The molecule has 0 saturated carbocycles. The number of sulfonamides is 1. The Hall–Kier alpha value is -1.58. The second kappa shape index (κ2) is 8.00. The quantitative estimate of drug-likeness (QED) is 0.794. The Morgan fingerprint density at radius 1 is 1.38 bits per heavy atom. The van der Waals surface area contributed by atoms with E-state index in [4.69, 9.17) is 4.74 Å². The van der Waals surface area contributed by atoms with E-state index in [1.54, 1.807) is 7.11 Å². The summed E-state index contributed by atoms with van der Waals surface area (Å²) >= 11 is 0. The molecule has 1 aliphatic rings. The molecule has 9 heteroatoms. The Balaban J connectivity index is 2.05. The lowest BCUT2D eigenvalue weighted by Crippen LogP contribution is -2.30. The van der Waals surface area contributed by atoms with E-state index in [9.17, 15) is 22.0 Å². The second-order valence-electron chi connectivity index (χ2n) is 5.60. The molecule has 1 atom stereocenters. The highest BCUT2D eigenvalue weighted by Gasteiger charge is 2.32. The molecule has 1 heterocycles. The summed E-state index contributed by atoms with van der Waals surface area (Å²) in [7, 11) is -2.05. The lowest BCUT2D eigenvalue weighted by Gasteiger charge is -2.16. The molecule has 1 amide bonds. The van der Waals surface area contributed by atoms with Crippen LogP contribution in [0, 0.1) is 5.92 Å². The van der Waals surface area contributed by atoms with Gasteiger partial charge < -0.3 is 10.1 Å².